The zero-order valence-corrected chi connectivity index (χ0v) is 22.0. The number of benzene rings is 3. The quantitative estimate of drug-likeness (QED) is 0.186. The van der Waals surface area contributed by atoms with Gasteiger partial charge in [0.2, 0.25) is 5.91 Å². The van der Waals surface area contributed by atoms with Crippen molar-refractivity contribution < 1.29 is 19.1 Å². The molecule has 5 nitrogen and oxygen atoms in total. The van der Waals surface area contributed by atoms with Crippen LogP contribution in [0, 0.1) is 0 Å². The first kappa shape index (κ1) is 26.5. The number of aryl methyl sites for hydroxylation is 1. The number of carbonyl (C=O) groups excluding carboxylic acids is 2. The van der Waals surface area contributed by atoms with Crippen LogP contribution in [0.2, 0.25) is 0 Å². The molecule has 4 rings (SSSR count). The Bertz CT molecular complexity index is 1230. The van der Waals surface area contributed by atoms with Crippen molar-refractivity contribution >= 4 is 11.9 Å². The van der Waals surface area contributed by atoms with E-state index in [-0.39, 0.29) is 11.9 Å². The number of ether oxygens (including phenoxy) is 2. The highest BCUT2D eigenvalue weighted by Crippen LogP contribution is 2.38. The fourth-order valence-corrected chi connectivity index (χ4v) is 4.86. The lowest BCUT2D eigenvalue weighted by Crippen LogP contribution is -2.27. The van der Waals surface area contributed by atoms with Gasteiger partial charge >= 0.3 is 5.97 Å². The van der Waals surface area contributed by atoms with Crippen LogP contribution in [0.1, 0.15) is 60.9 Å². The number of amides is 1. The summed E-state index contributed by atoms with van der Waals surface area (Å²) >= 11 is 0. The number of hydrogen-bond acceptors (Lipinski definition) is 4. The number of unbranched alkanes of at least 4 members (excludes halogenated alkanes) is 1. The topological polar surface area (TPSA) is 64.6 Å². The monoisotopic (exact) mass is 499 g/mol. The molecule has 0 atom stereocenters. The summed E-state index contributed by atoms with van der Waals surface area (Å²) in [6, 6.07) is 20.9. The Labute approximate surface area is 220 Å². The Balaban J connectivity index is 1.33. The van der Waals surface area contributed by atoms with Crippen LogP contribution in [-0.2, 0) is 40.0 Å². The van der Waals surface area contributed by atoms with E-state index in [0.717, 1.165) is 41.7 Å². The van der Waals surface area contributed by atoms with E-state index in [1.54, 1.807) is 0 Å². The molecule has 0 heterocycles. The summed E-state index contributed by atoms with van der Waals surface area (Å²) in [5.41, 5.74) is 8.34. The summed E-state index contributed by atoms with van der Waals surface area (Å²) < 4.78 is 11.1. The highest BCUT2D eigenvalue weighted by molar-refractivity contribution is 5.83. The molecular formula is C32H37NO4. The first-order valence-electron chi connectivity index (χ1n) is 13.4. The van der Waals surface area contributed by atoms with Crippen LogP contribution in [0.4, 0.5) is 0 Å². The molecule has 0 fully saturated rings. The number of hydrogen-bond donors (Lipinski definition) is 1. The van der Waals surface area contributed by atoms with Gasteiger partial charge in [0, 0.05) is 13.0 Å². The molecular weight excluding hydrogens is 462 g/mol. The van der Waals surface area contributed by atoms with Gasteiger partial charge in [-0.15, -0.1) is 0 Å². The molecule has 0 unspecified atom stereocenters. The van der Waals surface area contributed by atoms with E-state index in [1.165, 1.54) is 22.3 Å². The lowest BCUT2D eigenvalue weighted by molar-refractivity contribution is -0.143. The molecule has 1 N–H and O–H groups in total. The van der Waals surface area contributed by atoms with Gasteiger partial charge in [-0.2, -0.15) is 0 Å². The van der Waals surface area contributed by atoms with Crippen LogP contribution in [0.5, 0.6) is 5.75 Å². The van der Waals surface area contributed by atoms with E-state index in [9.17, 15) is 9.59 Å². The van der Waals surface area contributed by atoms with Crippen molar-refractivity contribution in [3.63, 3.8) is 0 Å². The third-order valence-corrected chi connectivity index (χ3v) is 6.83. The highest BCUT2D eigenvalue weighted by atomic mass is 16.5. The van der Waals surface area contributed by atoms with E-state index in [4.69, 9.17) is 9.47 Å². The molecule has 0 spiro atoms. The molecule has 1 aliphatic rings. The standard InChI is InChI=1S/C32H37NO4/c1-3-5-19-37-30-20-23(13-14-24(30)15-16-32(35)36-4-2)17-18-33-31(34)22-26-10-8-12-28-27-11-7-6-9-25(27)21-29(26)28/h6-14,20H,3-5,15-19,21-22H2,1-2H3,(H,33,34). The first-order valence-corrected chi connectivity index (χ1v) is 13.4. The molecule has 1 aliphatic carbocycles. The minimum Gasteiger partial charge on any atom is -0.493 e. The van der Waals surface area contributed by atoms with Gasteiger partial charge in [0.15, 0.2) is 0 Å². The second kappa shape index (κ2) is 13.1. The SMILES string of the molecule is CCCCOc1cc(CCNC(=O)Cc2cccc3c2Cc2ccccc2-3)ccc1CCC(=O)OCC. The fraction of sp³-hybridized carbons (Fsp3) is 0.375. The summed E-state index contributed by atoms with van der Waals surface area (Å²) in [4.78, 5) is 24.6. The molecule has 0 aromatic heterocycles. The average Bonchev–Trinajstić information content (AvgIpc) is 3.28. The lowest BCUT2D eigenvalue weighted by Gasteiger charge is -2.14. The Morgan fingerprint density at radius 3 is 2.59 bits per heavy atom. The molecule has 0 bridgehead atoms. The summed E-state index contributed by atoms with van der Waals surface area (Å²) in [5.74, 6) is 0.664. The maximum Gasteiger partial charge on any atom is 0.306 e. The first-order chi connectivity index (χ1) is 18.1. The zero-order valence-electron chi connectivity index (χ0n) is 22.0. The van der Waals surface area contributed by atoms with E-state index >= 15 is 0 Å². The number of esters is 1. The molecule has 37 heavy (non-hydrogen) atoms. The summed E-state index contributed by atoms with van der Waals surface area (Å²) in [6.07, 6.45) is 4.94. The predicted octanol–water partition coefficient (Wildman–Crippen LogP) is 5.83. The van der Waals surface area contributed by atoms with Crippen LogP contribution >= 0.6 is 0 Å². The predicted molar refractivity (Wildman–Crippen MR) is 147 cm³/mol. The Morgan fingerprint density at radius 2 is 1.76 bits per heavy atom. The second-order valence-corrected chi connectivity index (χ2v) is 9.50. The average molecular weight is 500 g/mol. The molecule has 0 radical (unpaired) electrons. The number of carbonyl (C=O) groups is 2. The minimum atomic E-state index is -0.193. The maximum atomic E-state index is 12.8. The number of rotatable bonds is 13. The van der Waals surface area contributed by atoms with Gasteiger partial charge in [0.25, 0.3) is 0 Å². The Hall–Kier alpha value is -3.60. The minimum absolute atomic E-state index is 0.0369. The summed E-state index contributed by atoms with van der Waals surface area (Å²) in [7, 11) is 0. The van der Waals surface area contributed by atoms with Crippen LogP contribution in [0.3, 0.4) is 0 Å². The van der Waals surface area contributed by atoms with Crippen molar-refractivity contribution in [3.05, 3.63) is 88.5 Å². The van der Waals surface area contributed by atoms with Crippen LogP contribution < -0.4 is 10.1 Å². The largest absolute Gasteiger partial charge is 0.493 e. The summed E-state index contributed by atoms with van der Waals surface area (Å²) in [6.45, 7) is 5.55. The normalized spacial score (nSPS) is 11.5. The smallest absolute Gasteiger partial charge is 0.306 e. The van der Waals surface area contributed by atoms with Gasteiger partial charge in [-0.1, -0.05) is 67.9 Å². The zero-order chi connectivity index (χ0) is 26.0. The van der Waals surface area contributed by atoms with Crippen LogP contribution in [0.25, 0.3) is 11.1 Å². The van der Waals surface area contributed by atoms with Crippen molar-refractivity contribution in [2.45, 2.75) is 58.8 Å². The van der Waals surface area contributed by atoms with Crippen molar-refractivity contribution in [1.82, 2.24) is 5.32 Å². The van der Waals surface area contributed by atoms with Crippen molar-refractivity contribution in [2.24, 2.45) is 0 Å². The third kappa shape index (κ3) is 7.00. The number of nitrogens with one attached hydrogen (secondary N) is 1. The highest BCUT2D eigenvalue weighted by Gasteiger charge is 2.21. The van der Waals surface area contributed by atoms with Gasteiger partial charge in [-0.3, -0.25) is 9.59 Å². The van der Waals surface area contributed by atoms with Gasteiger partial charge in [0.1, 0.15) is 5.75 Å². The van der Waals surface area contributed by atoms with Crippen LogP contribution in [-0.4, -0.2) is 31.6 Å². The van der Waals surface area contributed by atoms with Crippen LogP contribution in [0.15, 0.2) is 60.7 Å². The Kier molecular flexibility index (Phi) is 9.36. The number of fused-ring (bicyclic) bond motifs is 3. The van der Waals surface area contributed by atoms with Crippen molar-refractivity contribution in [3.8, 4) is 16.9 Å². The van der Waals surface area contributed by atoms with Gasteiger partial charge in [0.05, 0.1) is 19.6 Å². The van der Waals surface area contributed by atoms with Gasteiger partial charge in [-0.05, 0) is 77.6 Å². The van der Waals surface area contributed by atoms with Crippen molar-refractivity contribution in [1.29, 1.82) is 0 Å². The lowest BCUT2D eigenvalue weighted by atomic mass is 9.99. The molecule has 1 amide bonds. The van der Waals surface area contributed by atoms with E-state index in [1.807, 2.05) is 25.1 Å². The molecule has 5 heteroatoms. The molecule has 0 saturated heterocycles. The van der Waals surface area contributed by atoms with Gasteiger partial charge in [-0.25, -0.2) is 0 Å². The molecule has 0 aliphatic heterocycles. The maximum absolute atomic E-state index is 12.8. The van der Waals surface area contributed by atoms with Gasteiger partial charge < -0.3 is 14.8 Å². The second-order valence-electron chi connectivity index (χ2n) is 9.50. The summed E-state index contributed by atoms with van der Waals surface area (Å²) in [5, 5.41) is 3.09. The van der Waals surface area contributed by atoms with Crippen molar-refractivity contribution in [2.75, 3.05) is 19.8 Å². The molecule has 0 saturated carbocycles. The van der Waals surface area contributed by atoms with E-state index in [0.29, 0.717) is 45.4 Å². The molecule has 194 valence electrons. The molecule has 3 aromatic rings. The Morgan fingerprint density at radius 1 is 0.919 bits per heavy atom. The fourth-order valence-electron chi connectivity index (χ4n) is 4.86. The molecule has 3 aromatic carbocycles. The van der Waals surface area contributed by atoms with E-state index in [2.05, 4.69) is 54.7 Å². The third-order valence-electron chi connectivity index (χ3n) is 6.83. The van der Waals surface area contributed by atoms with E-state index < -0.39 is 0 Å².